The van der Waals surface area contributed by atoms with Crippen LogP contribution >= 0.6 is 0 Å². The maximum atomic E-state index is 12.9. The van der Waals surface area contributed by atoms with Crippen molar-refractivity contribution >= 4 is 5.96 Å². The summed E-state index contributed by atoms with van der Waals surface area (Å²) in [5.74, 6) is 0.224. The van der Waals surface area contributed by atoms with Crippen molar-refractivity contribution in [1.29, 1.82) is 0 Å². The van der Waals surface area contributed by atoms with E-state index in [1.807, 2.05) is 6.07 Å². The molecule has 3 N–H and O–H groups in total. The fraction of sp³-hybridized carbons (Fsp3) is 0.308. The van der Waals surface area contributed by atoms with Crippen molar-refractivity contribution in [3.8, 4) is 0 Å². The number of guanidine groups is 1. The Labute approximate surface area is 101 Å². The van der Waals surface area contributed by atoms with Crippen molar-refractivity contribution < 1.29 is 4.39 Å². The zero-order valence-electron chi connectivity index (χ0n) is 9.82. The van der Waals surface area contributed by atoms with Gasteiger partial charge in [-0.15, -0.1) is 6.58 Å². The Morgan fingerprint density at radius 2 is 2.35 bits per heavy atom. The van der Waals surface area contributed by atoms with E-state index in [1.165, 1.54) is 6.07 Å². The van der Waals surface area contributed by atoms with Crippen LogP contribution in [0.4, 0.5) is 4.39 Å². The molecule has 0 aliphatic carbocycles. The molecule has 0 amide bonds. The lowest BCUT2D eigenvalue weighted by Crippen LogP contribution is -2.31. The van der Waals surface area contributed by atoms with Gasteiger partial charge >= 0.3 is 0 Å². The molecule has 92 valence electrons. The van der Waals surface area contributed by atoms with Gasteiger partial charge in [-0.25, -0.2) is 4.39 Å². The first kappa shape index (κ1) is 13.2. The van der Waals surface area contributed by atoms with Crippen LogP contribution in [0.15, 0.2) is 41.9 Å². The summed E-state index contributed by atoms with van der Waals surface area (Å²) >= 11 is 0. The lowest BCUT2D eigenvalue weighted by atomic mass is 10.1. The number of benzene rings is 1. The van der Waals surface area contributed by atoms with Crippen LogP contribution < -0.4 is 11.1 Å². The van der Waals surface area contributed by atoms with Gasteiger partial charge in [0.2, 0.25) is 0 Å². The molecule has 0 atom stereocenters. The number of nitrogens with two attached hydrogens (primary N) is 1. The van der Waals surface area contributed by atoms with E-state index in [1.54, 1.807) is 18.2 Å². The van der Waals surface area contributed by atoms with E-state index in [9.17, 15) is 4.39 Å². The third-order valence-electron chi connectivity index (χ3n) is 2.22. The first-order valence-corrected chi connectivity index (χ1v) is 5.61. The van der Waals surface area contributed by atoms with Crippen LogP contribution in [-0.4, -0.2) is 19.0 Å². The van der Waals surface area contributed by atoms with Crippen molar-refractivity contribution in [3.05, 3.63) is 48.3 Å². The average molecular weight is 235 g/mol. The summed E-state index contributed by atoms with van der Waals surface area (Å²) in [5.41, 5.74) is 6.58. The van der Waals surface area contributed by atoms with Gasteiger partial charge in [-0.2, -0.15) is 0 Å². The summed E-state index contributed by atoms with van der Waals surface area (Å²) in [6.45, 7) is 4.81. The monoisotopic (exact) mass is 235 g/mol. The Kier molecular flexibility index (Phi) is 5.79. The summed E-state index contributed by atoms with van der Waals surface area (Å²) in [4.78, 5) is 4.14. The maximum Gasteiger partial charge on any atom is 0.188 e. The molecule has 1 aromatic rings. The SMILES string of the molecule is C=CCNC(N)=NCCCc1cccc(F)c1. The number of nitrogens with one attached hydrogen (secondary N) is 1. The molecule has 0 bridgehead atoms. The molecule has 0 spiro atoms. The van der Waals surface area contributed by atoms with E-state index < -0.39 is 0 Å². The lowest BCUT2D eigenvalue weighted by molar-refractivity contribution is 0.624. The zero-order valence-corrected chi connectivity index (χ0v) is 9.82. The quantitative estimate of drug-likeness (QED) is 0.342. The zero-order chi connectivity index (χ0) is 12.5. The molecule has 0 aromatic heterocycles. The molecule has 0 aliphatic heterocycles. The highest BCUT2D eigenvalue weighted by Gasteiger charge is 1.95. The molecule has 3 nitrogen and oxygen atoms in total. The minimum absolute atomic E-state index is 0.196. The van der Waals surface area contributed by atoms with E-state index in [0.29, 0.717) is 19.0 Å². The summed E-state index contributed by atoms with van der Waals surface area (Å²) in [5, 5.41) is 2.89. The van der Waals surface area contributed by atoms with Crippen LogP contribution in [0, 0.1) is 5.82 Å². The van der Waals surface area contributed by atoms with Gasteiger partial charge in [0.05, 0.1) is 0 Å². The predicted octanol–water partition coefficient (Wildman–Crippen LogP) is 1.85. The smallest absolute Gasteiger partial charge is 0.188 e. The molecular formula is C13H18FN3. The van der Waals surface area contributed by atoms with Crippen LogP contribution in [0.1, 0.15) is 12.0 Å². The van der Waals surface area contributed by atoms with Gasteiger partial charge in [-0.3, -0.25) is 4.99 Å². The maximum absolute atomic E-state index is 12.9. The molecule has 0 heterocycles. The van der Waals surface area contributed by atoms with Gasteiger partial charge in [0.25, 0.3) is 0 Å². The summed E-state index contributed by atoms with van der Waals surface area (Å²) in [7, 11) is 0. The summed E-state index contributed by atoms with van der Waals surface area (Å²) < 4.78 is 12.9. The minimum atomic E-state index is -0.196. The molecule has 1 aromatic carbocycles. The number of hydrogen-bond acceptors (Lipinski definition) is 1. The van der Waals surface area contributed by atoms with Crippen LogP contribution in [-0.2, 0) is 6.42 Å². The van der Waals surface area contributed by atoms with E-state index >= 15 is 0 Å². The van der Waals surface area contributed by atoms with Gasteiger partial charge in [0.15, 0.2) is 5.96 Å². The van der Waals surface area contributed by atoms with E-state index in [0.717, 1.165) is 18.4 Å². The minimum Gasteiger partial charge on any atom is -0.370 e. The molecule has 0 fully saturated rings. The Balaban J connectivity index is 2.26. The standard InChI is InChI=1S/C13H18FN3/c1-2-8-16-13(15)17-9-4-6-11-5-3-7-12(14)10-11/h2-3,5,7,10H,1,4,6,8-9H2,(H3,15,16,17). The van der Waals surface area contributed by atoms with E-state index in [2.05, 4.69) is 16.9 Å². The van der Waals surface area contributed by atoms with Crippen molar-refractivity contribution in [1.82, 2.24) is 5.32 Å². The number of halogens is 1. The van der Waals surface area contributed by atoms with Crippen LogP contribution in [0.2, 0.25) is 0 Å². The van der Waals surface area contributed by atoms with Gasteiger partial charge in [0, 0.05) is 13.1 Å². The second kappa shape index (κ2) is 7.44. The van der Waals surface area contributed by atoms with Gasteiger partial charge in [0.1, 0.15) is 5.82 Å². The molecular weight excluding hydrogens is 217 g/mol. The number of aliphatic imine (C=N–C) groups is 1. The number of nitrogens with zero attached hydrogens (tertiary/aromatic N) is 1. The Morgan fingerprint density at radius 3 is 3.06 bits per heavy atom. The topological polar surface area (TPSA) is 50.4 Å². The third kappa shape index (κ3) is 5.70. The summed E-state index contributed by atoms with van der Waals surface area (Å²) in [6.07, 6.45) is 3.37. The molecule has 0 saturated heterocycles. The highest BCUT2D eigenvalue weighted by atomic mass is 19.1. The summed E-state index contributed by atoms with van der Waals surface area (Å²) in [6, 6.07) is 6.61. The highest BCUT2D eigenvalue weighted by molar-refractivity contribution is 5.77. The molecule has 1 rings (SSSR count). The molecule has 4 heteroatoms. The fourth-order valence-electron chi connectivity index (χ4n) is 1.41. The second-order valence-electron chi connectivity index (χ2n) is 3.67. The van der Waals surface area contributed by atoms with Crippen LogP contribution in [0.5, 0.6) is 0 Å². The van der Waals surface area contributed by atoms with Gasteiger partial charge in [-0.1, -0.05) is 18.2 Å². The largest absolute Gasteiger partial charge is 0.370 e. The van der Waals surface area contributed by atoms with E-state index in [4.69, 9.17) is 5.73 Å². The Morgan fingerprint density at radius 1 is 1.53 bits per heavy atom. The predicted molar refractivity (Wildman–Crippen MR) is 69.4 cm³/mol. The van der Waals surface area contributed by atoms with Gasteiger partial charge in [-0.05, 0) is 30.5 Å². The van der Waals surface area contributed by atoms with Crippen LogP contribution in [0.3, 0.4) is 0 Å². The average Bonchev–Trinajstić information content (AvgIpc) is 2.32. The number of rotatable bonds is 6. The van der Waals surface area contributed by atoms with E-state index in [-0.39, 0.29) is 5.82 Å². The molecule has 0 aliphatic rings. The highest BCUT2D eigenvalue weighted by Crippen LogP contribution is 2.05. The molecule has 0 radical (unpaired) electrons. The normalized spacial score (nSPS) is 11.2. The van der Waals surface area contributed by atoms with Crippen molar-refractivity contribution in [3.63, 3.8) is 0 Å². The lowest BCUT2D eigenvalue weighted by Gasteiger charge is -2.02. The van der Waals surface area contributed by atoms with Crippen LogP contribution in [0.25, 0.3) is 0 Å². The Bertz CT molecular complexity index is 388. The second-order valence-corrected chi connectivity index (χ2v) is 3.67. The number of aryl methyl sites for hydroxylation is 1. The van der Waals surface area contributed by atoms with Crippen molar-refractivity contribution in [2.75, 3.05) is 13.1 Å². The van der Waals surface area contributed by atoms with Gasteiger partial charge < -0.3 is 11.1 Å². The first-order chi connectivity index (χ1) is 8.22. The Hall–Kier alpha value is -1.84. The molecule has 0 saturated carbocycles. The third-order valence-corrected chi connectivity index (χ3v) is 2.22. The van der Waals surface area contributed by atoms with Crippen molar-refractivity contribution in [2.24, 2.45) is 10.7 Å². The first-order valence-electron chi connectivity index (χ1n) is 5.61. The molecule has 0 unspecified atom stereocenters. The van der Waals surface area contributed by atoms with Crippen molar-refractivity contribution in [2.45, 2.75) is 12.8 Å². The fourth-order valence-corrected chi connectivity index (χ4v) is 1.41. The molecule has 17 heavy (non-hydrogen) atoms. The number of hydrogen-bond donors (Lipinski definition) is 2.